The van der Waals surface area contributed by atoms with E-state index in [0.29, 0.717) is 24.4 Å². The summed E-state index contributed by atoms with van der Waals surface area (Å²) in [6, 6.07) is 0.617. The Hall–Kier alpha value is -0.610. The van der Waals surface area contributed by atoms with Gasteiger partial charge in [0.15, 0.2) is 0 Å². The normalized spacial score (nSPS) is 30.4. The zero-order valence-corrected chi connectivity index (χ0v) is 11.8. The maximum absolute atomic E-state index is 12.2. The molecule has 0 bridgehead atoms. The first kappa shape index (κ1) is 13.8. The molecule has 18 heavy (non-hydrogen) atoms. The molecule has 0 spiro atoms. The van der Waals surface area contributed by atoms with E-state index in [-0.39, 0.29) is 0 Å². The summed E-state index contributed by atoms with van der Waals surface area (Å²) in [5.41, 5.74) is 0. The summed E-state index contributed by atoms with van der Waals surface area (Å²) in [6.07, 6.45) is 4.81. The average Bonchev–Trinajstić information content (AvgIpc) is 2.40. The molecule has 4 heteroatoms. The maximum Gasteiger partial charge on any atom is 0.236 e. The van der Waals surface area contributed by atoms with Crippen LogP contribution in [-0.2, 0) is 4.79 Å². The van der Waals surface area contributed by atoms with Gasteiger partial charge in [-0.3, -0.25) is 9.69 Å². The van der Waals surface area contributed by atoms with E-state index in [1.54, 1.807) is 0 Å². The highest BCUT2D eigenvalue weighted by Gasteiger charge is 2.27. The van der Waals surface area contributed by atoms with E-state index >= 15 is 0 Å². The lowest BCUT2D eigenvalue weighted by atomic mass is 9.94. The van der Waals surface area contributed by atoms with Crippen LogP contribution in [0.4, 0.5) is 0 Å². The van der Waals surface area contributed by atoms with Gasteiger partial charge in [0.2, 0.25) is 5.91 Å². The van der Waals surface area contributed by atoms with Crippen LogP contribution in [0.3, 0.4) is 0 Å². The predicted molar refractivity (Wildman–Crippen MR) is 73.5 cm³/mol. The van der Waals surface area contributed by atoms with Crippen molar-refractivity contribution in [3.05, 3.63) is 0 Å². The third kappa shape index (κ3) is 3.45. The van der Waals surface area contributed by atoms with Crippen molar-refractivity contribution in [3.8, 4) is 0 Å². The van der Waals surface area contributed by atoms with Crippen molar-refractivity contribution in [2.24, 2.45) is 5.92 Å². The van der Waals surface area contributed by atoms with Gasteiger partial charge in [0.1, 0.15) is 0 Å². The summed E-state index contributed by atoms with van der Waals surface area (Å²) in [5.74, 6) is 0.975. The number of rotatable bonds is 3. The van der Waals surface area contributed by atoms with E-state index < -0.39 is 0 Å². The number of likely N-dealkylation sites (tertiary alicyclic amines) is 2. The molecular weight excluding hydrogens is 226 g/mol. The van der Waals surface area contributed by atoms with E-state index in [4.69, 9.17) is 0 Å². The summed E-state index contributed by atoms with van der Waals surface area (Å²) in [4.78, 5) is 16.6. The first-order valence-electron chi connectivity index (χ1n) is 7.38. The van der Waals surface area contributed by atoms with Gasteiger partial charge >= 0.3 is 0 Å². The van der Waals surface area contributed by atoms with Gasteiger partial charge in [-0.1, -0.05) is 6.92 Å². The van der Waals surface area contributed by atoms with Crippen molar-refractivity contribution in [2.75, 3.05) is 39.8 Å². The molecule has 0 aromatic rings. The highest BCUT2D eigenvalue weighted by molar-refractivity contribution is 5.78. The molecule has 2 saturated heterocycles. The van der Waals surface area contributed by atoms with Crippen LogP contribution in [0.5, 0.6) is 0 Å². The fourth-order valence-corrected chi connectivity index (χ4v) is 3.24. The standard InChI is InChI=1S/C14H27N3O/c1-12-10-16(9-6-13(12)15-2)11-14(18)17-7-4-3-5-8-17/h12-13,15H,3-11H2,1-2H3. The first-order valence-corrected chi connectivity index (χ1v) is 7.38. The largest absolute Gasteiger partial charge is 0.342 e. The summed E-state index contributed by atoms with van der Waals surface area (Å²) in [6.45, 7) is 6.95. The smallest absolute Gasteiger partial charge is 0.236 e. The summed E-state index contributed by atoms with van der Waals surface area (Å²) in [5, 5.41) is 3.37. The molecule has 0 saturated carbocycles. The van der Waals surface area contributed by atoms with E-state index in [2.05, 4.69) is 22.0 Å². The molecule has 2 aliphatic heterocycles. The number of nitrogens with one attached hydrogen (secondary N) is 1. The third-order valence-electron chi connectivity index (χ3n) is 4.43. The molecule has 4 nitrogen and oxygen atoms in total. The van der Waals surface area contributed by atoms with Gasteiger partial charge in [-0.15, -0.1) is 0 Å². The topological polar surface area (TPSA) is 35.6 Å². The van der Waals surface area contributed by atoms with Crippen LogP contribution in [0.15, 0.2) is 0 Å². The van der Waals surface area contributed by atoms with Gasteiger partial charge < -0.3 is 10.2 Å². The minimum Gasteiger partial charge on any atom is -0.342 e. The Bertz CT molecular complexity index is 276. The van der Waals surface area contributed by atoms with Crippen LogP contribution in [0.25, 0.3) is 0 Å². The number of carbonyl (C=O) groups excluding carboxylic acids is 1. The van der Waals surface area contributed by atoms with Crippen molar-refractivity contribution < 1.29 is 4.79 Å². The Labute approximate surface area is 111 Å². The molecule has 2 heterocycles. The zero-order valence-electron chi connectivity index (χ0n) is 11.8. The molecule has 2 rings (SSSR count). The van der Waals surface area contributed by atoms with Crippen LogP contribution in [0.2, 0.25) is 0 Å². The van der Waals surface area contributed by atoms with E-state index in [0.717, 1.165) is 32.6 Å². The molecule has 0 aromatic heterocycles. The van der Waals surface area contributed by atoms with Gasteiger partial charge in [-0.05, 0) is 38.6 Å². The van der Waals surface area contributed by atoms with Gasteiger partial charge in [0, 0.05) is 32.2 Å². The maximum atomic E-state index is 12.2. The summed E-state index contributed by atoms with van der Waals surface area (Å²) >= 11 is 0. The fourth-order valence-electron chi connectivity index (χ4n) is 3.24. The van der Waals surface area contributed by atoms with Gasteiger partial charge in [0.25, 0.3) is 0 Å². The van der Waals surface area contributed by atoms with Crippen LogP contribution in [0, 0.1) is 5.92 Å². The molecular formula is C14H27N3O. The zero-order chi connectivity index (χ0) is 13.0. The van der Waals surface area contributed by atoms with E-state index in [9.17, 15) is 4.79 Å². The van der Waals surface area contributed by atoms with Crippen molar-refractivity contribution in [2.45, 2.75) is 38.6 Å². The minimum absolute atomic E-state index is 0.338. The summed E-state index contributed by atoms with van der Waals surface area (Å²) in [7, 11) is 2.04. The van der Waals surface area contributed by atoms with Gasteiger partial charge in [-0.2, -0.15) is 0 Å². The van der Waals surface area contributed by atoms with Crippen LogP contribution < -0.4 is 5.32 Å². The van der Waals surface area contributed by atoms with Crippen LogP contribution >= 0.6 is 0 Å². The second kappa shape index (κ2) is 6.53. The molecule has 2 unspecified atom stereocenters. The van der Waals surface area contributed by atoms with Crippen molar-refractivity contribution in [1.82, 2.24) is 15.1 Å². The summed E-state index contributed by atoms with van der Waals surface area (Å²) < 4.78 is 0. The molecule has 1 amide bonds. The lowest BCUT2D eigenvalue weighted by molar-refractivity contribution is -0.133. The number of amides is 1. The number of piperidine rings is 2. The monoisotopic (exact) mass is 253 g/mol. The van der Waals surface area contributed by atoms with Crippen LogP contribution in [0.1, 0.15) is 32.6 Å². The highest BCUT2D eigenvalue weighted by Crippen LogP contribution is 2.17. The van der Waals surface area contributed by atoms with Crippen molar-refractivity contribution in [3.63, 3.8) is 0 Å². The van der Waals surface area contributed by atoms with E-state index in [1.807, 2.05) is 7.05 Å². The predicted octanol–water partition coefficient (Wildman–Crippen LogP) is 0.929. The third-order valence-corrected chi connectivity index (χ3v) is 4.43. The fraction of sp³-hybridized carbons (Fsp3) is 0.929. The number of hydrogen-bond acceptors (Lipinski definition) is 3. The Morgan fingerprint density at radius 3 is 2.56 bits per heavy atom. The Morgan fingerprint density at radius 1 is 1.22 bits per heavy atom. The molecule has 0 radical (unpaired) electrons. The second-order valence-electron chi connectivity index (χ2n) is 5.84. The molecule has 2 atom stereocenters. The number of nitrogens with zero attached hydrogens (tertiary/aromatic N) is 2. The SMILES string of the molecule is CNC1CCN(CC(=O)N2CCCCC2)CC1C. The average molecular weight is 253 g/mol. The Kier molecular flexibility index (Phi) is 5.01. The van der Waals surface area contributed by atoms with Crippen molar-refractivity contribution >= 4 is 5.91 Å². The molecule has 0 aliphatic carbocycles. The van der Waals surface area contributed by atoms with Gasteiger partial charge in [0.05, 0.1) is 6.54 Å². The second-order valence-corrected chi connectivity index (χ2v) is 5.84. The number of carbonyl (C=O) groups is 1. The Morgan fingerprint density at radius 2 is 1.94 bits per heavy atom. The molecule has 104 valence electrons. The van der Waals surface area contributed by atoms with Crippen LogP contribution in [-0.4, -0.2) is 61.5 Å². The first-order chi connectivity index (χ1) is 8.70. The molecule has 0 aromatic carbocycles. The van der Waals surface area contributed by atoms with Crippen molar-refractivity contribution in [1.29, 1.82) is 0 Å². The lowest BCUT2D eigenvalue weighted by Crippen LogP contribution is -2.50. The molecule has 2 aliphatic rings. The minimum atomic E-state index is 0.338. The van der Waals surface area contributed by atoms with Gasteiger partial charge in [-0.25, -0.2) is 0 Å². The lowest BCUT2D eigenvalue weighted by Gasteiger charge is -2.37. The number of hydrogen-bond donors (Lipinski definition) is 1. The van der Waals surface area contributed by atoms with E-state index in [1.165, 1.54) is 19.3 Å². The Balaban J connectivity index is 1.77. The molecule has 1 N–H and O–H groups in total. The molecule has 2 fully saturated rings. The quantitative estimate of drug-likeness (QED) is 0.813. The highest BCUT2D eigenvalue weighted by atomic mass is 16.2.